The van der Waals surface area contributed by atoms with Crippen molar-refractivity contribution in [1.82, 2.24) is 0 Å². The molecule has 0 amide bonds. The highest BCUT2D eigenvalue weighted by Gasteiger charge is 2.52. The molecule has 100 valence electrons. The Kier molecular flexibility index (Phi) is 2.78. The lowest BCUT2D eigenvalue weighted by Crippen LogP contribution is -2.43. The van der Waals surface area contributed by atoms with Crippen LogP contribution in [-0.4, -0.2) is 5.54 Å². The molecule has 1 saturated carbocycles. The second-order valence-corrected chi connectivity index (χ2v) is 5.81. The molecule has 0 heterocycles. The molecule has 0 aliphatic heterocycles. The van der Waals surface area contributed by atoms with E-state index < -0.39 is 17.2 Å². The van der Waals surface area contributed by atoms with Gasteiger partial charge >= 0.3 is 6.18 Å². The fourth-order valence-corrected chi connectivity index (χ4v) is 2.36. The highest BCUT2D eigenvalue weighted by Crippen LogP contribution is 2.49. The van der Waals surface area contributed by atoms with Crippen molar-refractivity contribution < 1.29 is 13.2 Å². The topological polar surface area (TPSA) is 26.0 Å². The van der Waals surface area contributed by atoms with Crippen molar-refractivity contribution in [3.05, 3.63) is 34.9 Å². The van der Waals surface area contributed by atoms with Crippen LogP contribution in [0.15, 0.2) is 18.2 Å². The van der Waals surface area contributed by atoms with Crippen LogP contribution in [0.1, 0.15) is 43.4 Å². The molecule has 18 heavy (non-hydrogen) atoms. The Bertz CT molecular complexity index is 470. The minimum atomic E-state index is -4.30. The molecule has 2 N–H and O–H groups in total. The lowest BCUT2D eigenvalue weighted by molar-refractivity contribution is -0.138. The average molecular weight is 257 g/mol. The van der Waals surface area contributed by atoms with E-state index in [4.69, 9.17) is 5.73 Å². The summed E-state index contributed by atoms with van der Waals surface area (Å²) in [4.78, 5) is 0. The van der Waals surface area contributed by atoms with Gasteiger partial charge in [-0.3, -0.25) is 0 Å². The minimum Gasteiger partial charge on any atom is -0.324 e. The molecule has 0 aromatic heterocycles. The zero-order chi connectivity index (χ0) is 13.8. The molecule has 0 unspecified atom stereocenters. The number of hydrogen-bond acceptors (Lipinski definition) is 1. The number of hydrogen-bond donors (Lipinski definition) is 1. The second-order valence-electron chi connectivity index (χ2n) is 5.81. The molecule has 1 aromatic rings. The van der Waals surface area contributed by atoms with Crippen LogP contribution in [0.2, 0.25) is 0 Å². The molecule has 0 atom stereocenters. The van der Waals surface area contributed by atoms with E-state index in [9.17, 15) is 13.2 Å². The average Bonchev–Trinajstić information content (AvgIpc) is 2.96. The normalized spacial score (nSPS) is 18.8. The maximum atomic E-state index is 12.9. The van der Waals surface area contributed by atoms with E-state index in [0.717, 1.165) is 12.8 Å². The molecular formula is C14H18F3N. The van der Waals surface area contributed by atoms with Crippen molar-refractivity contribution in [2.24, 2.45) is 5.73 Å². The van der Waals surface area contributed by atoms with Crippen molar-refractivity contribution in [3.8, 4) is 0 Å². The summed E-state index contributed by atoms with van der Waals surface area (Å²) in [6, 6.07) is 4.55. The summed E-state index contributed by atoms with van der Waals surface area (Å²) in [5, 5.41) is 0. The summed E-state index contributed by atoms with van der Waals surface area (Å²) in [5.41, 5.74) is 5.75. The third-order valence-corrected chi connectivity index (χ3v) is 4.30. The smallest absolute Gasteiger partial charge is 0.324 e. The third-order valence-electron chi connectivity index (χ3n) is 4.30. The van der Waals surface area contributed by atoms with E-state index in [2.05, 4.69) is 0 Å². The van der Waals surface area contributed by atoms with Crippen LogP contribution in [0.25, 0.3) is 0 Å². The van der Waals surface area contributed by atoms with E-state index >= 15 is 0 Å². The van der Waals surface area contributed by atoms with Gasteiger partial charge in [-0.15, -0.1) is 0 Å². The minimum absolute atomic E-state index is 0.254. The summed E-state index contributed by atoms with van der Waals surface area (Å²) < 4.78 is 38.7. The molecule has 1 fully saturated rings. The first-order valence-electron chi connectivity index (χ1n) is 6.05. The molecule has 0 bridgehead atoms. The summed E-state index contributed by atoms with van der Waals surface area (Å²) in [6.45, 7) is 5.32. The molecule has 1 aliphatic carbocycles. The zero-order valence-electron chi connectivity index (χ0n) is 10.9. The lowest BCUT2D eigenvalue weighted by Gasteiger charge is -2.33. The molecule has 4 heteroatoms. The van der Waals surface area contributed by atoms with E-state index in [1.807, 2.05) is 13.8 Å². The quantitative estimate of drug-likeness (QED) is 0.857. The molecule has 1 aliphatic rings. The van der Waals surface area contributed by atoms with Crippen molar-refractivity contribution in [3.63, 3.8) is 0 Å². The Morgan fingerprint density at radius 2 is 1.72 bits per heavy atom. The predicted molar refractivity (Wildman–Crippen MR) is 65.4 cm³/mol. The summed E-state index contributed by atoms with van der Waals surface area (Å²) in [5.74, 6) is 0. The third kappa shape index (κ3) is 2.03. The van der Waals surface area contributed by atoms with E-state index in [1.54, 1.807) is 6.07 Å². The number of alkyl halides is 3. The Hall–Kier alpha value is -1.03. The molecular weight excluding hydrogens is 239 g/mol. The Morgan fingerprint density at radius 1 is 1.17 bits per heavy atom. The van der Waals surface area contributed by atoms with Gasteiger partial charge < -0.3 is 5.73 Å². The first-order chi connectivity index (χ1) is 8.08. The van der Waals surface area contributed by atoms with Crippen LogP contribution >= 0.6 is 0 Å². The molecule has 1 aromatic carbocycles. The highest BCUT2D eigenvalue weighted by atomic mass is 19.4. The van der Waals surface area contributed by atoms with Gasteiger partial charge in [0.25, 0.3) is 0 Å². The van der Waals surface area contributed by atoms with Gasteiger partial charge in [-0.05, 0) is 37.0 Å². The Labute approximate surface area is 105 Å². The number of rotatable bonds is 2. The number of nitrogens with two attached hydrogens (primary N) is 1. The summed E-state index contributed by atoms with van der Waals surface area (Å²) >= 11 is 0. The molecule has 0 spiro atoms. The van der Waals surface area contributed by atoms with Gasteiger partial charge in [0.2, 0.25) is 0 Å². The van der Waals surface area contributed by atoms with Crippen molar-refractivity contribution in [1.29, 1.82) is 0 Å². The first-order valence-corrected chi connectivity index (χ1v) is 6.05. The number of halogens is 3. The van der Waals surface area contributed by atoms with Crippen LogP contribution in [0.5, 0.6) is 0 Å². The van der Waals surface area contributed by atoms with Gasteiger partial charge in [0.15, 0.2) is 0 Å². The largest absolute Gasteiger partial charge is 0.416 e. The molecule has 2 rings (SSSR count). The standard InChI is InChI=1S/C14H18F3N/c1-9-4-5-10(8-11(9)14(15,16)17)12(2,3)13(18)6-7-13/h4-5,8H,6-7,18H2,1-3H3. The van der Waals surface area contributed by atoms with Crippen LogP contribution in [0.3, 0.4) is 0 Å². The summed E-state index contributed by atoms with van der Waals surface area (Å²) in [7, 11) is 0. The number of benzene rings is 1. The van der Waals surface area contributed by atoms with E-state index in [1.165, 1.54) is 19.1 Å². The first kappa shape index (κ1) is 13.4. The van der Waals surface area contributed by atoms with Crippen molar-refractivity contribution >= 4 is 0 Å². The fourth-order valence-electron chi connectivity index (χ4n) is 2.36. The van der Waals surface area contributed by atoms with Gasteiger partial charge in [0.05, 0.1) is 5.56 Å². The second kappa shape index (κ2) is 3.73. The molecule has 0 saturated heterocycles. The van der Waals surface area contributed by atoms with E-state index in [0.29, 0.717) is 5.56 Å². The maximum Gasteiger partial charge on any atom is 0.416 e. The Morgan fingerprint density at radius 3 is 2.17 bits per heavy atom. The lowest BCUT2D eigenvalue weighted by atomic mass is 9.75. The van der Waals surface area contributed by atoms with Gasteiger partial charge in [0, 0.05) is 11.0 Å². The predicted octanol–water partition coefficient (Wildman–Crippen LogP) is 3.78. The Balaban J connectivity index is 2.48. The van der Waals surface area contributed by atoms with Gasteiger partial charge in [-0.1, -0.05) is 26.0 Å². The molecule has 1 nitrogen and oxygen atoms in total. The van der Waals surface area contributed by atoms with Crippen LogP contribution in [0, 0.1) is 6.92 Å². The fraction of sp³-hybridized carbons (Fsp3) is 0.571. The monoisotopic (exact) mass is 257 g/mol. The number of aryl methyl sites for hydroxylation is 1. The van der Waals surface area contributed by atoms with Crippen molar-refractivity contribution in [2.45, 2.75) is 50.7 Å². The zero-order valence-corrected chi connectivity index (χ0v) is 10.9. The van der Waals surface area contributed by atoms with Crippen LogP contribution in [0.4, 0.5) is 13.2 Å². The van der Waals surface area contributed by atoms with Crippen LogP contribution in [-0.2, 0) is 11.6 Å². The highest BCUT2D eigenvalue weighted by molar-refractivity contribution is 5.40. The van der Waals surface area contributed by atoms with Crippen LogP contribution < -0.4 is 5.73 Å². The van der Waals surface area contributed by atoms with Gasteiger partial charge in [-0.25, -0.2) is 0 Å². The van der Waals surface area contributed by atoms with Gasteiger partial charge in [0.1, 0.15) is 0 Å². The molecule has 0 radical (unpaired) electrons. The van der Waals surface area contributed by atoms with Gasteiger partial charge in [-0.2, -0.15) is 13.2 Å². The SMILES string of the molecule is Cc1ccc(C(C)(C)C2(N)CC2)cc1C(F)(F)F. The summed E-state index contributed by atoms with van der Waals surface area (Å²) in [6.07, 6.45) is -2.56. The van der Waals surface area contributed by atoms with E-state index in [-0.39, 0.29) is 11.1 Å². The van der Waals surface area contributed by atoms with Crippen molar-refractivity contribution in [2.75, 3.05) is 0 Å². The maximum absolute atomic E-state index is 12.9.